The van der Waals surface area contributed by atoms with Crippen LogP contribution in [0.5, 0.6) is 0 Å². The van der Waals surface area contributed by atoms with E-state index in [1.165, 1.54) is 70.6 Å². The Morgan fingerprint density at radius 1 is 0.543 bits per heavy atom. The van der Waals surface area contributed by atoms with Crippen molar-refractivity contribution in [1.82, 2.24) is 5.32 Å². The van der Waals surface area contributed by atoms with E-state index < -0.39 is 86.8 Å². The molecule has 2 aliphatic rings. The van der Waals surface area contributed by atoms with Crippen molar-refractivity contribution in [2.24, 2.45) is 0 Å². The van der Waals surface area contributed by atoms with Gasteiger partial charge in [-0.25, -0.2) is 0 Å². The monoisotopic (exact) mass is 990 g/mol. The number of allylic oxidation sites excluding steroid dienone is 13. The Kier molecular flexibility index (Phi) is 37.6. The predicted molar refractivity (Wildman–Crippen MR) is 276 cm³/mol. The van der Waals surface area contributed by atoms with E-state index in [4.69, 9.17) is 18.9 Å². The molecule has 0 bridgehead atoms. The molecule has 14 nitrogen and oxygen atoms in total. The minimum atomic E-state index is -1.79. The van der Waals surface area contributed by atoms with Crippen LogP contribution in [-0.4, -0.2) is 140 Å². The summed E-state index contributed by atoms with van der Waals surface area (Å²) in [4.78, 5) is 13.2. The number of ether oxygens (including phenoxy) is 4. The SMILES string of the molecule is C/C=C/CC/C=C/CC/C=C/C(O)C(COC1OC(CO)C(OC2OC(CO)C(O)C(O)C2O)C(O)C1O)NC(=O)CCCCCCCCCCCCCCCC/C=C\C/C=C\C/C=C\C/C=C\CC. The Bertz CT molecular complexity index is 1500. The molecule has 9 N–H and O–H groups in total. The molecule has 0 aliphatic carbocycles. The molecule has 2 heterocycles. The van der Waals surface area contributed by atoms with Crippen LogP contribution in [0.15, 0.2) is 85.1 Å². The summed E-state index contributed by atoms with van der Waals surface area (Å²) < 4.78 is 22.6. The van der Waals surface area contributed by atoms with Crippen LogP contribution in [-0.2, 0) is 23.7 Å². The maximum atomic E-state index is 13.2. The minimum absolute atomic E-state index is 0.262. The Balaban J connectivity index is 1.70. The zero-order valence-corrected chi connectivity index (χ0v) is 42.7. The largest absolute Gasteiger partial charge is 0.394 e. The van der Waals surface area contributed by atoms with Gasteiger partial charge in [-0.05, 0) is 77.6 Å². The van der Waals surface area contributed by atoms with Gasteiger partial charge in [-0.15, -0.1) is 0 Å². The fourth-order valence-electron chi connectivity index (χ4n) is 8.32. The van der Waals surface area contributed by atoms with Crippen LogP contribution in [0.2, 0.25) is 0 Å². The van der Waals surface area contributed by atoms with E-state index in [1.807, 2.05) is 19.1 Å². The van der Waals surface area contributed by atoms with E-state index in [0.717, 1.165) is 64.2 Å². The van der Waals surface area contributed by atoms with Gasteiger partial charge in [0.25, 0.3) is 0 Å². The normalized spacial score (nSPS) is 26.7. The number of amides is 1. The molecular weight excluding hydrogens is 895 g/mol. The average molecular weight is 990 g/mol. The Labute approximate surface area is 420 Å². The summed E-state index contributed by atoms with van der Waals surface area (Å²) >= 11 is 0. The highest BCUT2D eigenvalue weighted by Gasteiger charge is 2.51. The van der Waals surface area contributed by atoms with Crippen molar-refractivity contribution in [3.63, 3.8) is 0 Å². The molecule has 1 amide bonds. The second-order valence-electron chi connectivity index (χ2n) is 18.6. The van der Waals surface area contributed by atoms with Gasteiger partial charge in [0.15, 0.2) is 12.6 Å². The molecule has 12 atom stereocenters. The number of aliphatic hydroxyl groups is 8. The first-order valence-corrected chi connectivity index (χ1v) is 26.8. The van der Waals surface area contributed by atoms with Crippen LogP contribution in [0, 0.1) is 0 Å². The molecule has 2 rings (SSSR count). The summed E-state index contributed by atoms with van der Waals surface area (Å²) in [5.41, 5.74) is 0. The maximum Gasteiger partial charge on any atom is 0.220 e. The lowest BCUT2D eigenvalue weighted by atomic mass is 9.97. The van der Waals surface area contributed by atoms with Gasteiger partial charge in [-0.1, -0.05) is 169 Å². The van der Waals surface area contributed by atoms with Crippen LogP contribution in [0.3, 0.4) is 0 Å². The van der Waals surface area contributed by atoms with Crippen LogP contribution < -0.4 is 5.32 Å². The van der Waals surface area contributed by atoms with E-state index in [9.17, 15) is 45.6 Å². The van der Waals surface area contributed by atoms with Gasteiger partial charge < -0.3 is 65.1 Å². The number of carbonyl (C=O) groups excluding carboxylic acids is 1. The maximum absolute atomic E-state index is 13.2. The highest BCUT2D eigenvalue weighted by Crippen LogP contribution is 2.30. The second kappa shape index (κ2) is 41.6. The molecule has 2 saturated heterocycles. The van der Waals surface area contributed by atoms with Crippen molar-refractivity contribution in [2.45, 2.75) is 242 Å². The third-order valence-electron chi connectivity index (χ3n) is 12.6. The van der Waals surface area contributed by atoms with Crippen molar-refractivity contribution in [3.05, 3.63) is 85.1 Å². The molecule has 0 saturated carbocycles. The first-order valence-electron chi connectivity index (χ1n) is 26.8. The van der Waals surface area contributed by atoms with Crippen LogP contribution in [0.1, 0.15) is 168 Å². The molecule has 0 aromatic rings. The molecule has 2 aliphatic heterocycles. The van der Waals surface area contributed by atoms with Gasteiger partial charge in [0.05, 0.1) is 32.0 Å². The number of nitrogens with one attached hydrogen (secondary N) is 1. The number of carbonyl (C=O) groups is 1. The zero-order valence-electron chi connectivity index (χ0n) is 42.7. The summed E-state index contributed by atoms with van der Waals surface area (Å²) in [6, 6.07) is -0.939. The summed E-state index contributed by atoms with van der Waals surface area (Å²) in [7, 11) is 0. The molecule has 402 valence electrons. The second-order valence-corrected chi connectivity index (χ2v) is 18.6. The van der Waals surface area contributed by atoms with Crippen LogP contribution in [0.4, 0.5) is 0 Å². The third kappa shape index (κ3) is 27.8. The van der Waals surface area contributed by atoms with Crippen molar-refractivity contribution < 1.29 is 64.6 Å². The lowest BCUT2D eigenvalue weighted by Crippen LogP contribution is -2.65. The number of aliphatic hydroxyl groups excluding tert-OH is 8. The van der Waals surface area contributed by atoms with Gasteiger partial charge in [0, 0.05) is 6.42 Å². The molecule has 0 radical (unpaired) electrons. The zero-order chi connectivity index (χ0) is 51.0. The van der Waals surface area contributed by atoms with Gasteiger partial charge in [0.1, 0.15) is 48.8 Å². The van der Waals surface area contributed by atoms with E-state index in [1.54, 1.807) is 6.08 Å². The first kappa shape index (κ1) is 63.3. The van der Waals surface area contributed by atoms with E-state index in [0.29, 0.717) is 12.8 Å². The third-order valence-corrected chi connectivity index (χ3v) is 12.6. The summed E-state index contributed by atoms with van der Waals surface area (Å²) in [6.45, 7) is 2.39. The minimum Gasteiger partial charge on any atom is -0.394 e. The van der Waals surface area contributed by atoms with Crippen LogP contribution in [0.25, 0.3) is 0 Å². The van der Waals surface area contributed by atoms with E-state index >= 15 is 0 Å². The van der Waals surface area contributed by atoms with E-state index in [-0.39, 0.29) is 18.9 Å². The quantitative estimate of drug-likeness (QED) is 0.0212. The smallest absolute Gasteiger partial charge is 0.220 e. The molecule has 2 fully saturated rings. The summed E-state index contributed by atoms with van der Waals surface area (Å²) in [5.74, 6) is -0.262. The Hall–Kier alpha value is -2.83. The molecule has 0 aromatic heterocycles. The predicted octanol–water partition coefficient (Wildman–Crippen LogP) is 7.77. The lowest BCUT2D eigenvalue weighted by Gasteiger charge is -2.46. The molecule has 0 aromatic carbocycles. The van der Waals surface area contributed by atoms with Crippen molar-refractivity contribution in [1.29, 1.82) is 0 Å². The molecular formula is C56H95NO13. The van der Waals surface area contributed by atoms with Gasteiger partial charge in [0.2, 0.25) is 5.91 Å². The molecule has 70 heavy (non-hydrogen) atoms. The van der Waals surface area contributed by atoms with Gasteiger partial charge in [-0.3, -0.25) is 4.79 Å². The van der Waals surface area contributed by atoms with Crippen molar-refractivity contribution in [3.8, 4) is 0 Å². The fraction of sp³-hybridized carbons (Fsp3) is 0.732. The standard InChI is InChI=1S/C56H95NO13/c1-3-5-7-9-11-13-14-15-16-17-18-19-20-21-22-23-24-25-26-27-28-29-30-32-34-36-38-40-48(61)57-44(45(60)39-37-35-33-31-12-10-8-6-4-2)43-67-55-53(66)51(64)54(47(42-59)69-55)70-56-52(65)50(63)49(62)46(41-58)68-56/h4-7,11-13,15-16,18-19,31,37,39,44-47,49-56,58-60,62-66H,3,8-10,14,17,20-30,32-36,38,40-43H2,1-2H3,(H,57,61)/b6-4+,7-5-,13-11-,16-15-,19-18-,31-12+,39-37+. The van der Waals surface area contributed by atoms with Gasteiger partial charge >= 0.3 is 0 Å². The van der Waals surface area contributed by atoms with Crippen molar-refractivity contribution in [2.75, 3.05) is 19.8 Å². The topological polar surface area (TPSA) is 228 Å². The summed E-state index contributed by atoms with van der Waals surface area (Å²) in [6.07, 6.45) is 38.1. The summed E-state index contributed by atoms with van der Waals surface area (Å²) in [5, 5.41) is 86.6. The molecule has 0 spiro atoms. The molecule has 14 heteroatoms. The fourth-order valence-corrected chi connectivity index (χ4v) is 8.32. The number of unbranched alkanes of at least 4 members (excludes halogenated alkanes) is 16. The number of hydrogen-bond acceptors (Lipinski definition) is 13. The first-order chi connectivity index (χ1) is 34.1. The Morgan fingerprint density at radius 2 is 1.01 bits per heavy atom. The lowest BCUT2D eigenvalue weighted by molar-refractivity contribution is -0.359. The average Bonchev–Trinajstić information content (AvgIpc) is 3.36. The van der Waals surface area contributed by atoms with Crippen LogP contribution >= 0.6 is 0 Å². The van der Waals surface area contributed by atoms with E-state index in [2.05, 4.69) is 79.1 Å². The highest BCUT2D eigenvalue weighted by molar-refractivity contribution is 5.76. The Morgan fingerprint density at radius 3 is 1.57 bits per heavy atom. The molecule has 12 unspecified atom stereocenters. The van der Waals surface area contributed by atoms with Crippen molar-refractivity contribution >= 4 is 5.91 Å². The number of rotatable bonds is 40. The van der Waals surface area contributed by atoms with Gasteiger partial charge in [-0.2, -0.15) is 0 Å². The highest BCUT2D eigenvalue weighted by atomic mass is 16.7. The number of hydrogen-bond donors (Lipinski definition) is 9.